The summed E-state index contributed by atoms with van der Waals surface area (Å²) in [6, 6.07) is 8.68. The second kappa shape index (κ2) is 7.61. The van der Waals surface area contributed by atoms with Crippen molar-refractivity contribution in [3.63, 3.8) is 0 Å². The molecule has 1 aliphatic rings. The summed E-state index contributed by atoms with van der Waals surface area (Å²) in [5.74, 6) is 0.361. The molecule has 1 aromatic heterocycles. The highest BCUT2D eigenvalue weighted by atomic mass is 16.2. The lowest BCUT2D eigenvalue weighted by atomic mass is 10.2. The molecule has 0 saturated carbocycles. The normalized spacial score (nSPS) is 13.8. The Hall–Kier alpha value is -3.47. The smallest absolute Gasteiger partial charge is 0.275 e. The molecule has 3 rings (SSSR count). The summed E-state index contributed by atoms with van der Waals surface area (Å²) in [6.07, 6.45) is 2.99. The molecule has 1 N–H and O–H groups in total. The average Bonchev–Trinajstić information content (AvgIpc) is 2.68. The van der Waals surface area contributed by atoms with Gasteiger partial charge < -0.3 is 15.1 Å². The number of hydrogen-bond acceptors (Lipinski definition) is 6. The summed E-state index contributed by atoms with van der Waals surface area (Å²) in [5.41, 5.74) is 1.19. The highest BCUT2D eigenvalue weighted by molar-refractivity contribution is 6.02. The zero-order valence-electron chi connectivity index (χ0n) is 14.3. The summed E-state index contributed by atoms with van der Waals surface area (Å²) in [5, 5.41) is 11.6. The highest BCUT2D eigenvalue weighted by Gasteiger charge is 2.20. The first-order valence-corrected chi connectivity index (χ1v) is 8.21. The fraction of sp³-hybridized carbons (Fsp3) is 0.278. The molecule has 0 spiro atoms. The van der Waals surface area contributed by atoms with Gasteiger partial charge in [-0.2, -0.15) is 5.26 Å². The van der Waals surface area contributed by atoms with Crippen molar-refractivity contribution in [3.8, 4) is 6.07 Å². The van der Waals surface area contributed by atoms with E-state index in [2.05, 4.69) is 15.3 Å². The number of aromatic nitrogens is 2. The first-order valence-electron chi connectivity index (χ1n) is 8.21. The van der Waals surface area contributed by atoms with E-state index in [-0.39, 0.29) is 17.5 Å². The van der Waals surface area contributed by atoms with Gasteiger partial charge in [0.05, 0.1) is 24.0 Å². The van der Waals surface area contributed by atoms with Gasteiger partial charge in [0.2, 0.25) is 5.91 Å². The van der Waals surface area contributed by atoms with Crippen molar-refractivity contribution >= 4 is 23.3 Å². The quantitative estimate of drug-likeness (QED) is 0.894. The summed E-state index contributed by atoms with van der Waals surface area (Å²) >= 11 is 0. The molecule has 2 aromatic rings. The molecule has 0 aliphatic carbocycles. The van der Waals surface area contributed by atoms with E-state index < -0.39 is 0 Å². The summed E-state index contributed by atoms with van der Waals surface area (Å²) in [6.45, 7) is 4.22. The van der Waals surface area contributed by atoms with Crippen LogP contribution in [0.15, 0.2) is 36.7 Å². The average molecular weight is 350 g/mol. The Bertz CT molecular complexity index is 851. The van der Waals surface area contributed by atoms with Crippen molar-refractivity contribution in [1.29, 1.82) is 5.26 Å². The summed E-state index contributed by atoms with van der Waals surface area (Å²) in [7, 11) is 0. The lowest BCUT2D eigenvalue weighted by Gasteiger charge is -2.34. The number of piperazine rings is 1. The Labute approximate surface area is 151 Å². The van der Waals surface area contributed by atoms with Gasteiger partial charge in [0, 0.05) is 38.8 Å². The Morgan fingerprint density at radius 3 is 2.54 bits per heavy atom. The van der Waals surface area contributed by atoms with Crippen LogP contribution in [0.1, 0.15) is 23.0 Å². The van der Waals surface area contributed by atoms with E-state index >= 15 is 0 Å². The molecule has 2 amide bonds. The van der Waals surface area contributed by atoms with Crippen LogP contribution in [0.4, 0.5) is 11.5 Å². The number of carbonyl (C=O) groups excluding carboxylic acids is 2. The Morgan fingerprint density at radius 1 is 1.15 bits per heavy atom. The molecular formula is C18H18N6O2. The van der Waals surface area contributed by atoms with Crippen LogP contribution in [0.3, 0.4) is 0 Å². The fourth-order valence-corrected chi connectivity index (χ4v) is 2.71. The molecule has 26 heavy (non-hydrogen) atoms. The summed E-state index contributed by atoms with van der Waals surface area (Å²) in [4.78, 5) is 36.0. The third kappa shape index (κ3) is 3.95. The monoisotopic (exact) mass is 350 g/mol. The Kier molecular flexibility index (Phi) is 5.08. The van der Waals surface area contributed by atoms with Gasteiger partial charge in [-0.15, -0.1) is 0 Å². The second-order valence-electron chi connectivity index (χ2n) is 5.90. The number of nitrogens with one attached hydrogen (secondary N) is 1. The maximum atomic E-state index is 12.3. The topological polar surface area (TPSA) is 102 Å². The van der Waals surface area contributed by atoms with Gasteiger partial charge in [-0.3, -0.25) is 9.59 Å². The minimum atomic E-state index is -0.388. The maximum Gasteiger partial charge on any atom is 0.275 e. The van der Waals surface area contributed by atoms with Crippen LogP contribution in [0, 0.1) is 11.3 Å². The van der Waals surface area contributed by atoms with Crippen molar-refractivity contribution < 1.29 is 9.59 Å². The van der Waals surface area contributed by atoms with E-state index in [4.69, 9.17) is 5.26 Å². The van der Waals surface area contributed by atoms with E-state index in [1.54, 1.807) is 42.3 Å². The first kappa shape index (κ1) is 17.4. The van der Waals surface area contributed by atoms with Crippen LogP contribution in [-0.4, -0.2) is 52.9 Å². The molecular weight excluding hydrogens is 332 g/mol. The molecule has 8 heteroatoms. The minimum Gasteiger partial charge on any atom is -0.352 e. The SMILES string of the molecule is CC(=O)N1CCN(c2cnc(C(=O)Nc3cccc(C#N)c3)cn2)CC1. The number of benzene rings is 1. The predicted octanol–water partition coefficient (Wildman–Crippen LogP) is 1.27. The lowest BCUT2D eigenvalue weighted by Crippen LogP contribution is -2.48. The molecule has 0 unspecified atom stereocenters. The van der Waals surface area contributed by atoms with Crippen molar-refractivity contribution in [2.24, 2.45) is 0 Å². The van der Waals surface area contributed by atoms with Crippen LogP contribution < -0.4 is 10.2 Å². The van der Waals surface area contributed by atoms with Crippen LogP contribution in [0.5, 0.6) is 0 Å². The van der Waals surface area contributed by atoms with Crippen LogP contribution in [0.2, 0.25) is 0 Å². The number of hydrogen-bond donors (Lipinski definition) is 1. The fourth-order valence-electron chi connectivity index (χ4n) is 2.71. The van der Waals surface area contributed by atoms with Gasteiger partial charge >= 0.3 is 0 Å². The zero-order chi connectivity index (χ0) is 18.5. The third-order valence-electron chi connectivity index (χ3n) is 4.17. The maximum absolute atomic E-state index is 12.3. The van der Waals surface area contributed by atoms with Crippen molar-refractivity contribution in [1.82, 2.24) is 14.9 Å². The zero-order valence-corrected chi connectivity index (χ0v) is 14.3. The van der Waals surface area contributed by atoms with Gasteiger partial charge in [-0.25, -0.2) is 9.97 Å². The Balaban J connectivity index is 1.63. The number of amides is 2. The highest BCUT2D eigenvalue weighted by Crippen LogP contribution is 2.14. The molecule has 1 aromatic carbocycles. The molecule has 8 nitrogen and oxygen atoms in total. The molecule has 1 aliphatic heterocycles. The first-order chi connectivity index (χ1) is 12.6. The largest absolute Gasteiger partial charge is 0.352 e. The van der Waals surface area contributed by atoms with E-state index in [0.29, 0.717) is 43.2 Å². The van der Waals surface area contributed by atoms with Crippen molar-refractivity contribution in [3.05, 3.63) is 47.9 Å². The van der Waals surface area contributed by atoms with E-state index in [9.17, 15) is 9.59 Å². The van der Waals surface area contributed by atoms with Crippen molar-refractivity contribution in [2.45, 2.75) is 6.92 Å². The van der Waals surface area contributed by atoms with Crippen LogP contribution in [0.25, 0.3) is 0 Å². The number of anilines is 2. The number of nitrogens with zero attached hydrogens (tertiary/aromatic N) is 5. The number of nitriles is 1. The Morgan fingerprint density at radius 2 is 1.92 bits per heavy atom. The molecule has 2 heterocycles. The van der Waals surface area contributed by atoms with Gasteiger partial charge in [-0.05, 0) is 18.2 Å². The van der Waals surface area contributed by atoms with Crippen LogP contribution in [-0.2, 0) is 4.79 Å². The molecule has 1 saturated heterocycles. The second-order valence-corrected chi connectivity index (χ2v) is 5.90. The number of rotatable bonds is 3. The van der Waals surface area contributed by atoms with Crippen molar-refractivity contribution in [2.75, 3.05) is 36.4 Å². The molecule has 1 fully saturated rings. The predicted molar refractivity (Wildman–Crippen MR) is 95.6 cm³/mol. The van der Waals surface area contributed by atoms with Gasteiger partial charge in [0.15, 0.2) is 0 Å². The number of carbonyl (C=O) groups is 2. The van der Waals surface area contributed by atoms with E-state index in [1.807, 2.05) is 11.0 Å². The lowest BCUT2D eigenvalue weighted by molar-refractivity contribution is -0.129. The van der Waals surface area contributed by atoms with Crippen LogP contribution >= 0.6 is 0 Å². The summed E-state index contributed by atoms with van der Waals surface area (Å²) < 4.78 is 0. The van der Waals surface area contributed by atoms with Gasteiger partial charge in [0.1, 0.15) is 11.5 Å². The van der Waals surface area contributed by atoms with Gasteiger partial charge in [0.25, 0.3) is 5.91 Å². The molecule has 0 atom stereocenters. The van der Waals surface area contributed by atoms with Gasteiger partial charge in [-0.1, -0.05) is 6.07 Å². The molecule has 0 radical (unpaired) electrons. The van der Waals surface area contributed by atoms with E-state index in [0.717, 1.165) is 0 Å². The molecule has 0 bridgehead atoms. The minimum absolute atomic E-state index is 0.0724. The molecule has 132 valence electrons. The third-order valence-corrected chi connectivity index (χ3v) is 4.17. The van der Waals surface area contributed by atoms with E-state index in [1.165, 1.54) is 6.20 Å². The standard InChI is InChI=1S/C18H18N6O2/c1-13(25)23-5-7-24(8-6-23)17-12-20-16(11-21-17)18(26)22-15-4-2-3-14(9-15)10-19/h2-4,9,11-12H,5-8H2,1H3,(H,22,26).